The molecule has 6 nitrogen and oxygen atoms in total. The normalized spacial score (nSPS) is 11.3. The number of hydrogen-bond donors (Lipinski definition) is 4. The van der Waals surface area contributed by atoms with Gasteiger partial charge in [0.1, 0.15) is 11.3 Å². The molecule has 0 heterocycles. The molecule has 0 aromatic heterocycles. The van der Waals surface area contributed by atoms with Gasteiger partial charge in [-0.3, -0.25) is 4.79 Å². The van der Waals surface area contributed by atoms with Gasteiger partial charge in [-0.1, -0.05) is 23.2 Å². The average Bonchev–Trinajstić information content (AvgIpc) is 2.48. The number of nitrogens with one attached hydrogen (secondary N) is 1. The summed E-state index contributed by atoms with van der Waals surface area (Å²) in [7, 11) is 0. The van der Waals surface area contributed by atoms with Gasteiger partial charge in [0.05, 0.1) is 42.9 Å². The number of hydrogen-bond acceptors (Lipinski definition) is 5. The summed E-state index contributed by atoms with van der Waals surface area (Å²) in [6.45, 7) is -1.64. The van der Waals surface area contributed by atoms with Crippen molar-refractivity contribution in [3.05, 3.63) is 28.2 Å². The predicted molar refractivity (Wildman–Crippen MR) is 78.7 cm³/mol. The van der Waals surface area contributed by atoms with Crippen LogP contribution in [0.5, 0.6) is 5.75 Å². The molecule has 0 aliphatic rings. The summed E-state index contributed by atoms with van der Waals surface area (Å²) < 4.78 is 5.34. The monoisotopic (exact) mass is 337 g/mol. The van der Waals surface area contributed by atoms with Gasteiger partial charge in [0.25, 0.3) is 0 Å². The van der Waals surface area contributed by atoms with Crippen molar-refractivity contribution in [3.8, 4) is 5.75 Å². The number of carbonyl (C=O) groups excluding carboxylic acids is 1. The Morgan fingerprint density at radius 1 is 1.14 bits per heavy atom. The predicted octanol–water partition coefficient (Wildman–Crippen LogP) is 0.594. The molecular formula is C13H17Cl2NO5. The molecule has 0 atom stereocenters. The van der Waals surface area contributed by atoms with Crippen LogP contribution in [0.1, 0.15) is 6.42 Å². The Hall–Kier alpha value is -1.05. The summed E-state index contributed by atoms with van der Waals surface area (Å²) in [6, 6.07) is 4.72. The van der Waals surface area contributed by atoms with Crippen LogP contribution in [-0.2, 0) is 4.79 Å². The Balaban J connectivity index is 2.44. The first-order chi connectivity index (χ1) is 9.96. The lowest BCUT2D eigenvalue weighted by molar-refractivity contribution is -0.125. The molecule has 0 spiro atoms. The molecule has 0 aliphatic heterocycles. The standard InChI is InChI=1S/C13H17Cl2NO5/c14-10-2-1-9(5-11(10)15)21-4-3-12(20)16-13(6-17,7-18)8-19/h1-2,5,17-19H,3-4,6-8H2,(H,16,20). The van der Waals surface area contributed by atoms with E-state index >= 15 is 0 Å². The van der Waals surface area contributed by atoms with Gasteiger partial charge in [0, 0.05) is 6.07 Å². The molecule has 1 aromatic rings. The van der Waals surface area contributed by atoms with E-state index in [1.807, 2.05) is 0 Å². The molecule has 1 rings (SSSR count). The molecular weight excluding hydrogens is 321 g/mol. The van der Waals surface area contributed by atoms with Crippen molar-refractivity contribution in [1.82, 2.24) is 5.32 Å². The van der Waals surface area contributed by atoms with Gasteiger partial charge in [-0.05, 0) is 12.1 Å². The lowest BCUT2D eigenvalue weighted by atomic mass is 10.0. The lowest BCUT2D eigenvalue weighted by Gasteiger charge is -2.28. The fourth-order valence-corrected chi connectivity index (χ4v) is 1.74. The minimum Gasteiger partial charge on any atom is -0.493 e. The summed E-state index contributed by atoms with van der Waals surface area (Å²) in [5.74, 6) is 0.00199. The Morgan fingerprint density at radius 3 is 2.29 bits per heavy atom. The largest absolute Gasteiger partial charge is 0.493 e. The summed E-state index contributed by atoms with van der Waals surface area (Å²) in [5.41, 5.74) is -1.43. The van der Waals surface area contributed by atoms with E-state index < -0.39 is 31.3 Å². The fourth-order valence-electron chi connectivity index (χ4n) is 1.46. The molecule has 118 valence electrons. The van der Waals surface area contributed by atoms with Crippen molar-refractivity contribution < 1.29 is 24.9 Å². The highest BCUT2D eigenvalue weighted by atomic mass is 35.5. The highest BCUT2D eigenvalue weighted by Crippen LogP contribution is 2.26. The lowest BCUT2D eigenvalue weighted by Crippen LogP contribution is -2.57. The SMILES string of the molecule is O=C(CCOc1ccc(Cl)c(Cl)c1)NC(CO)(CO)CO. The van der Waals surface area contributed by atoms with Crippen molar-refractivity contribution in [2.24, 2.45) is 0 Å². The maximum Gasteiger partial charge on any atom is 0.224 e. The summed E-state index contributed by atoms with van der Waals surface area (Å²) in [6.07, 6.45) is -0.0119. The van der Waals surface area contributed by atoms with Gasteiger partial charge in [0.15, 0.2) is 0 Å². The second-order valence-electron chi connectivity index (χ2n) is 4.48. The van der Waals surface area contributed by atoms with Crippen molar-refractivity contribution >= 4 is 29.1 Å². The Morgan fingerprint density at radius 2 is 1.76 bits per heavy atom. The molecule has 1 aromatic carbocycles. The minimum atomic E-state index is -1.43. The van der Waals surface area contributed by atoms with E-state index in [-0.39, 0.29) is 13.0 Å². The smallest absolute Gasteiger partial charge is 0.224 e. The van der Waals surface area contributed by atoms with Crippen LogP contribution in [0, 0.1) is 0 Å². The van der Waals surface area contributed by atoms with Gasteiger partial charge in [-0.15, -0.1) is 0 Å². The van der Waals surface area contributed by atoms with E-state index in [0.717, 1.165) is 0 Å². The van der Waals surface area contributed by atoms with Crippen molar-refractivity contribution in [3.63, 3.8) is 0 Å². The number of carbonyl (C=O) groups is 1. The van der Waals surface area contributed by atoms with Crippen molar-refractivity contribution in [2.45, 2.75) is 12.0 Å². The first kappa shape index (κ1) is 18.0. The number of halogens is 2. The van der Waals surface area contributed by atoms with Gasteiger partial charge >= 0.3 is 0 Å². The number of aliphatic hydroxyl groups excluding tert-OH is 3. The highest BCUT2D eigenvalue weighted by Gasteiger charge is 2.29. The molecule has 0 fully saturated rings. The third-order valence-corrected chi connectivity index (χ3v) is 3.54. The molecule has 0 unspecified atom stereocenters. The second-order valence-corrected chi connectivity index (χ2v) is 5.29. The molecule has 0 radical (unpaired) electrons. The van der Waals surface area contributed by atoms with Crippen LogP contribution >= 0.6 is 23.2 Å². The van der Waals surface area contributed by atoms with E-state index in [1.165, 1.54) is 6.07 Å². The number of ether oxygens (including phenoxy) is 1. The van der Waals surface area contributed by atoms with Gasteiger partial charge in [-0.2, -0.15) is 0 Å². The van der Waals surface area contributed by atoms with Crippen molar-refractivity contribution in [1.29, 1.82) is 0 Å². The van der Waals surface area contributed by atoms with Gasteiger partial charge < -0.3 is 25.4 Å². The minimum absolute atomic E-state index is 0.0119. The van der Waals surface area contributed by atoms with E-state index in [0.29, 0.717) is 15.8 Å². The van der Waals surface area contributed by atoms with E-state index in [1.54, 1.807) is 12.1 Å². The second kappa shape index (κ2) is 8.41. The molecule has 8 heteroatoms. The quantitative estimate of drug-likeness (QED) is 0.556. The molecule has 4 N–H and O–H groups in total. The maximum absolute atomic E-state index is 11.7. The Labute approximate surface area is 132 Å². The van der Waals surface area contributed by atoms with Gasteiger partial charge in [-0.25, -0.2) is 0 Å². The summed E-state index contributed by atoms with van der Waals surface area (Å²) in [5, 5.41) is 30.4. The number of benzene rings is 1. The third kappa shape index (κ3) is 5.33. The number of aliphatic hydroxyl groups is 3. The average molecular weight is 338 g/mol. The molecule has 21 heavy (non-hydrogen) atoms. The van der Waals surface area contributed by atoms with Crippen LogP contribution in [0.15, 0.2) is 18.2 Å². The first-order valence-electron chi connectivity index (χ1n) is 6.18. The highest BCUT2D eigenvalue weighted by molar-refractivity contribution is 6.42. The maximum atomic E-state index is 11.7. The molecule has 0 saturated heterocycles. The third-order valence-electron chi connectivity index (χ3n) is 2.80. The molecule has 0 saturated carbocycles. The summed E-state index contributed by atoms with van der Waals surface area (Å²) in [4.78, 5) is 11.7. The molecule has 1 amide bonds. The van der Waals surface area contributed by atoms with Crippen LogP contribution in [-0.4, -0.2) is 53.2 Å². The topological polar surface area (TPSA) is 99.0 Å². The van der Waals surface area contributed by atoms with Crippen LogP contribution < -0.4 is 10.1 Å². The van der Waals surface area contributed by atoms with Gasteiger partial charge in [0.2, 0.25) is 5.91 Å². The van der Waals surface area contributed by atoms with Crippen LogP contribution in [0.4, 0.5) is 0 Å². The fraction of sp³-hybridized carbons (Fsp3) is 0.462. The Bertz CT molecular complexity index is 471. The van der Waals surface area contributed by atoms with Crippen LogP contribution in [0.3, 0.4) is 0 Å². The zero-order valence-electron chi connectivity index (χ0n) is 11.2. The number of amides is 1. The zero-order chi connectivity index (χ0) is 15.9. The zero-order valence-corrected chi connectivity index (χ0v) is 12.7. The summed E-state index contributed by atoms with van der Waals surface area (Å²) >= 11 is 11.6. The Kier molecular flexibility index (Phi) is 7.21. The van der Waals surface area contributed by atoms with E-state index in [4.69, 9.17) is 43.3 Å². The van der Waals surface area contributed by atoms with Crippen molar-refractivity contribution in [2.75, 3.05) is 26.4 Å². The van der Waals surface area contributed by atoms with Crippen LogP contribution in [0.25, 0.3) is 0 Å². The number of rotatable bonds is 8. The molecule has 0 bridgehead atoms. The molecule has 0 aliphatic carbocycles. The van der Waals surface area contributed by atoms with E-state index in [2.05, 4.69) is 5.32 Å². The van der Waals surface area contributed by atoms with Crippen LogP contribution in [0.2, 0.25) is 10.0 Å². The first-order valence-corrected chi connectivity index (χ1v) is 6.93. The van der Waals surface area contributed by atoms with E-state index in [9.17, 15) is 4.79 Å².